The Balaban J connectivity index is 1.77. The molecule has 1 aliphatic heterocycles. The van der Waals surface area contributed by atoms with Crippen molar-refractivity contribution >= 4 is 40.3 Å². The van der Waals surface area contributed by atoms with Gasteiger partial charge in [0.1, 0.15) is 11.3 Å². The van der Waals surface area contributed by atoms with E-state index in [-0.39, 0.29) is 33.5 Å². The van der Waals surface area contributed by atoms with E-state index in [1.54, 1.807) is 56.3 Å². The summed E-state index contributed by atoms with van der Waals surface area (Å²) in [6.07, 6.45) is 0. The van der Waals surface area contributed by atoms with Crippen LogP contribution >= 0.6 is 11.6 Å². The van der Waals surface area contributed by atoms with Gasteiger partial charge in [-0.15, -0.1) is 0 Å². The molecule has 166 valence electrons. The van der Waals surface area contributed by atoms with Crippen molar-refractivity contribution in [2.45, 2.75) is 19.9 Å². The molecule has 0 unspecified atom stereocenters. The van der Waals surface area contributed by atoms with Gasteiger partial charge in [0.05, 0.1) is 29.7 Å². The van der Waals surface area contributed by atoms with E-state index >= 15 is 0 Å². The highest BCUT2D eigenvalue weighted by Crippen LogP contribution is 2.41. The molecule has 0 N–H and O–H groups in total. The number of methoxy groups -OCH3 is 1. The first-order chi connectivity index (χ1) is 15.8. The van der Waals surface area contributed by atoms with E-state index in [0.717, 1.165) is 5.56 Å². The first kappa shape index (κ1) is 21.0. The quantitative estimate of drug-likeness (QED) is 0.408. The number of aromatic nitrogens is 1. The number of nitrogens with zero attached hydrogens (tertiary/aromatic N) is 2. The Morgan fingerprint density at radius 1 is 1.12 bits per heavy atom. The normalized spacial score (nSPS) is 15.2. The van der Waals surface area contributed by atoms with Crippen LogP contribution in [0.3, 0.4) is 0 Å². The molecule has 8 nitrogen and oxygen atoms in total. The summed E-state index contributed by atoms with van der Waals surface area (Å²) in [5.41, 5.74) is 1.71. The number of carbonyl (C=O) groups excluding carboxylic acids is 2. The maximum absolute atomic E-state index is 13.6. The lowest BCUT2D eigenvalue weighted by Crippen LogP contribution is -2.29. The van der Waals surface area contributed by atoms with Crippen LogP contribution in [0.4, 0.5) is 5.82 Å². The average Bonchev–Trinajstić information content (AvgIpc) is 3.36. The average molecular weight is 465 g/mol. The fourth-order valence-corrected chi connectivity index (χ4v) is 4.19. The van der Waals surface area contributed by atoms with Crippen LogP contribution in [0.25, 0.3) is 11.0 Å². The van der Waals surface area contributed by atoms with Gasteiger partial charge in [-0.05, 0) is 49.2 Å². The zero-order chi connectivity index (χ0) is 23.4. The van der Waals surface area contributed by atoms with Crippen LogP contribution in [0.5, 0.6) is 0 Å². The number of ether oxygens (including phenoxy) is 1. The summed E-state index contributed by atoms with van der Waals surface area (Å²) in [5, 5.41) is 4.67. The predicted octanol–water partition coefficient (Wildman–Crippen LogP) is 4.59. The minimum absolute atomic E-state index is 0.0723. The number of carbonyl (C=O) groups is 2. The molecular weight excluding hydrogens is 448 g/mol. The number of benzene rings is 2. The van der Waals surface area contributed by atoms with Gasteiger partial charge in [0.25, 0.3) is 5.91 Å². The molecule has 0 aliphatic carbocycles. The van der Waals surface area contributed by atoms with Crippen molar-refractivity contribution in [3.8, 4) is 0 Å². The van der Waals surface area contributed by atoms with Crippen LogP contribution < -0.4 is 10.3 Å². The van der Waals surface area contributed by atoms with E-state index < -0.39 is 17.9 Å². The van der Waals surface area contributed by atoms with Crippen LogP contribution in [-0.4, -0.2) is 24.1 Å². The number of halogens is 1. The largest absolute Gasteiger partial charge is 0.465 e. The van der Waals surface area contributed by atoms with Gasteiger partial charge in [-0.3, -0.25) is 14.5 Å². The summed E-state index contributed by atoms with van der Waals surface area (Å²) in [6, 6.07) is 10.4. The molecule has 4 aromatic rings. The van der Waals surface area contributed by atoms with Crippen molar-refractivity contribution in [1.29, 1.82) is 0 Å². The SMILES string of the molecule is COC(=O)c1ccc([C@H]2c3c(oc4cc(C)c(Cl)cc4c3=O)C(=O)N2c2cc(C)on2)cc1. The Morgan fingerprint density at radius 2 is 1.85 bits per heavy atom. The molecule has 5 rings (SSSR count). The summed E-state index contributed by atoms with van der Waals surface area (Å²) in [6.45, 7) is 3.49. The molecule has 2 aromatic carbocycles. The summed E-state index contributed by atoms with van der Waals surface area (Å²) in [5.74, 6) is -0.350. The third kappa shape index (κ3) is 3.22. The fourth-order valence-electron chi connectivity index (χ4n) is 4.03. The third-order valence-corrected chi connectivity index (χ3v) is 6.07. The van der Waals surface area contributed by atoms with E-state index in [2.05, 4.69) is 5.16 Å². The Kier molecular flexibility index (Phi) is 4.83. The Labute approximate surface area is 192 Å². The number of hydrogen-bond donors (Lipinski definition) is 0. The van der Waals surface area contributed by atoms with Crippen molar-refractivity contribution in [2.75, 3.05) is 12.0 Å². The van der Waals surface area contributed by atoms with Gasteiger partial charge in [-0.1, -0.05) is 28.9 Å². The van der Waals surface area contributed by atoms with Gasteiger partial charge in [-0.2, -0.15) is 0 Å². The molecule has 33 heavy (non-hydrogen) atoms. The highest BCUT2D eigenvalue weighted by molar-refractivity contribution is 6.32. The van der Waals surface area contributed by atoms with Crippen LogP contribution in [-0.2, 0) is 4.74 Å². The predicted molar refractivity (Wildman–Crippen MR) is 120 cm³/mol. The molecule has 1 aliphatic rings. The summed E-state index contributed by atoms with van der Waals surface area (Å²) in [7, 11) is 1.29. The first-order valence-electron chi connectivity index (χ1n) is 10.0. The highest BCUT2D eigenvalue weighted by Gasteiger charge is 2.45. The zero-order valence-corrected chi connectivity index (χ0v) is 18.6. The topological polar surface area (TPSA) is 103 Å². The molecule has 9 heteroatoms. The van der Waals surface area contributed by atoms with Crippen molar-refractivity contribution < 1.29 is 23.3 Å². The number of aryl methyl sites for hydroxylation is 2. The molecule has 0 fully saturated rings. The Morgan fingerprint density at radius 3 is 2.48 bits per heavy atom. The first-order valence-corrected chi connectivity index (χ1v) is 10.4. The summed E-state index contributed by atoms with van der Waals surface area (Å²) in [4.78, 5) is 40.3. The van der Waals surface area contributed by atoms with E-state index in [1.165, 1.54) is 12.0 Å². The number of esters is 1. The van der Waals surface area contributed by atoms with Crippen LogP contribution in [0.1, 0.15) is 49.4 Å². The minimum atomic E-state index is -0.843. The molecule has 0 radical (unpaired) electrons. The highest BCUT2D eigenvalue weighted by atomic mass is 35.5. The minimum Gasteiger partial charge on any atom is -0.465 e. The number of fused-ring (bicyclic) bond motifs is 2. The van der Waals surface area contributed by atoms with Gasteiger partial charge < -0.3 is 13.7 Å². The van der Waals surface area contributed by atoms with Crippen LogP contribution in [0.15, 0.2) is 56.2 Å². The Hall–Kier alpha value is -3.91. The molecule has 0 saturated carbocycles. The van der Waals surface area contributed by atoms with Gasteiger partial charge in [0.15, 0.2) is 11.2 Å². The smallest absolute Gasteiger partial charge is 0.337 e. The molecule has 1 atom stereocenters. The maximum atomic E-state index is 13.6. The lowest BCUT2D eigenvalue weighted by Gasteiger charge is -2.22. The Bertz CT molecular complexity index is 1500. The second-order valence-corrected chi connectivity index (χ2v) is 8.17. The fraction of sp³-hybridized carbons (Fsp3) is 0.167. The number of hydrogen-bond acceptors (Lipinski definition) is 7. The molecule has 0 bridgehead atoms. The van der Waals surface area contributed by atoms with Crippen LogP contribution in [0, 0.1) is 13.8 Å². The number of rotatable bonds is 3. The summed E-state index contributed by atoms with van der Waals surface area (Å²) >= 11 is 6.26. The second-order valence-electron chi connectivity index (χ2n) is 7.76. The van der Waals surface area contributed by atoms with Crippen molar-refractivity contribution in [3.63, 3.8) is 0 Å². The van der Waals surface area contributed by atoms with E-state index in [9.17, 15) is 14.4 Å². The maximum Gasteiger partial charge on any atom is 0.337 e. The van der Waals surface area contributed by atoms with E-state index in [4.69, 9.17) is 25.3 Å². The van der Waals surface area contributed by atoms with Crippen molar-refractivity contribution in [3.05, 3.63) is 91.5 Å². The van der Waals surface area contributed by atoms with Crippen LogP contribution in [0.2, 0.25) is 5.02 Å². The lowest BCUT2D eigenvalue weighted by molar-refractivity contribution is 0.0600. The standard InChI is InChI=1S/C24H17ClN2O6/c1-11-8-17-15(10-16(11)25)21(28)19-20(13-4-6-14(7-5-13)24(30)31-3)27(23(29)22(19)32-17)18-9-12(2)33-26-18/h4-10,20H,1-3H3/t20-/m0/s1. The van der Waals surface area contributed by atoms with Gasteiger partial charge >= 0.3 is 5.97 Å². The van der Waals surface area contributed by atoms with Gasteiger partial charge in [0.2, 0.25) is 5.76 Å². The monoisotopic (exact) mass is 464 g/mol. The lowest BCUT2D eigenvalue weighted by atomic mass is 9.97. The number of anilines is 1. The molecule has 0 spiro atoms. The second kappa shape index (κ2) is 7.60. The van der Waals surface area contributed by atoms with E-state index in [1.807, 2.05) is 0 Å². The molecular formula is C24H17ClN2O6. The molecule has 2 aromatic heterocycles. The molecule has 0 saturated heterocycles. The van der Waals surface area contributed by atoms with Crippen molar-refractivity contribution in [2.24, 2.45) is 0 Å². The zero-order valence-electron chi connectivity index (χ0n) is 17.8. The third-order valence-electron chi connectivity index (χ3n) is 5.66. The van der Waals surface area contributed by atoms with Gasteiger partial charge in [-0.25, -0.2) is 4.79 Å². The summed E-state index contributed by atoms with van der Waals surface area (Å²) < 4.78 is 15.9. The number of amides is 1. The molecule has 1 amide bonds. The van der Waals surface area contributed by atoms with Gasteiger partial charge in [0, 0.05) is 11.1 Å². The molecule has 3 heterocycles. The van der Waals surface area contributed by atoms with Crippen molar-refractivity contribution in [1.82, 2.24) is 5.16 Å². The van der Waals surface area contributed by atoms with E-state index in [0.29, 0.717) is 21.9 Å².